The monoisotopic (exact) mass is 196 g/mol. The minimum atomic E-state index is 0.567. The molecular formula is C9H12N2OS. The number of carbonyl (C=O) groups excluding carboxylic acids is 1. The van der Waals surface area contributed by atoms with Crippen LogP contribution in [0.5, 0.6) is 0 Å². The molecular weight excluding hydrogens is 184 g/mol. The molecule has 3 nitrogen and oxygen atoms in total. The Bertz CT molecular complexity index is 317. The van der Waals surface area contributed by atoms with E-state index in [1.165, 1.54) is 4.88 Å². The van der Waals surface area contributed by atoms with Crippen LogP contribution in [0.4, 0.5) is 0 Å². The molecule has 0 aliphatic heterocycles. The number of carbonyl (C=O) groups is 1. The highest BCUT2D eigenvalue weighted by atomic mass is 32.1. The second kappa shape index (κ2) is 4.77. The van der Waals surface area contributed by atoms with Crippen molar-refractivity contribution >= 4 is 23.5 Å². The maximum atomic E-state index is 9.99. The summed E-state index contributed by atoms with van der Waals surface area (Å²) in [6, 6.07) is 4.11. The molecule has 1 N–H and O–H groups in total. The molecule has 1 heterocycles. The van der Waals surface area contributed by atoms with Crippen molar-refractivity contribution in [3.05, 3.63) is 21.9 Å². The Morgan fingerprint density at radius 2 is 2.46 bits per heavy atom. The van der Waals surface area contributed by atoms with E-state index in [0.717, 1.165) is 17.0 Å². The van der Waals surface area contributed by atoms with Gasteiger partial charge in [0.15, 0.2) is 0 Å². The second-order valence-electron chi connectivity index (χ2n) is 2.56. The van der Waals surface area contributed by atoms with E-state index in [-0.39, 0.29) is 0 Å². The first-order valence-electron chi connectivity index (χ1n) is 4.10. The molecule has 0 aliphatic carbocycles. The summed E-state index contributed by atoms with van der Waals surface area (Å²) in [5.41, 5.74) is 3.13. The summed E-state index contributed by atoms with van der Waals surface area (Å²) in [5, 5.41) is 3.87. The predicted molar refractivity (Wildman–Crippen MR) is 55.1 cm³/mol. The van der Waals surface area contributed by atoms with Crippen LogP contribution in [0.1, 0.15) is 23.6 Å². The van der Waals surface area contributed by atoms with Gasteiger partial charge in [-0.15, -0.1) is 11.3 Å². The summed E-state index contributed by atoms with van der Waals surface area (Å²) in [6.07, 6.45) is 1.61. The number of rotatable bonds is 4. The molecule has 1 aromatic rings. The maximum absolute atomic E-state index is 9.99. The molecule has 1 rings (SSSR count). The quantitative estimate of drug-likeness (QED) is 0.445. The maximum Gasteiger partial charge on any atom is 0.227 e. The average Bonchev–Trinajstić information content (AvgIpc) is 2.62. The van der Waals surface area contributed by atoms with Gasteiger partial charge in [-0.2, -0.15) is 5.10 Å². The number of hydrazone groups is 1. The first-order valence-corrected chi connectivity index (χ1v) is 4.92. The SMILES string of the molecule is CCc1ccc(/C(C)=N/NC=O)s1. The highest BCUT2D eigenvalue weighted by molar-refractivity contribution is 7.14. The fourth-order valence-electron chi connectivity index (χ4n) is 0.941. The van der Waals surface area contributed by atoms with E-state index in [9.17, 15) is 4.79 Å². The molecule has 0 aromatic carbocycles. The van der Waals surface area contributed by atoms with Crippen LogP contribution in [0.15, 0.2) is 17.2 Å². The van der Waals surface area contributed by atoms with Gasteiger partial charge in [0.2, 0.25) is 6.41 Å². The number of hydrogen-bond acceptors (Lipinski definition) is 3. The lowest BCUT2D eigenvalue weighted by atomic mass is 10.3. The van der Waals surface area contributed by atoms with E-state index in [2.05, 4.69) is 23.5 Å². The molecule has 13 heavy (non-hydrogen) atoms. The van der Waals surface area contributed by atoms with Gasteiger partial charge in [0, 0.05) is 4.88 Å². The smallest absolute Gasteiger partial charge is 0.227 e. The van der Waals surface area contributed by atoms with Crippen molar-refractivity contribution in [3.8, 4) is 0 Å². The topological polar surface area (TPSA) is 41.5 Å². The van der Waals surface area contributed by atoms with E-state index >= 15 is 0 Å². The van der Waals surface area contributed by atoms with Gasteiger partial charge in [0.05, 0.1) is 10.6 Å². The number of nitrogens with zero attached hydrogens (tertiary/aromatic N) is 1. The highest BCUT2D eigenvalue weighted by Crippen LogP contribution is 2.17. The third-order valence-electron chi connectivity index (χ3n) is 1.65. The minimum absolute atomic E-state index is 0.567. The fourth-order valence-corrected chi connectivity index (χ4v) is 1.83. The first-order chi connectivity index (χ1) is 6.27. The van der Waals surface area contributed by atoms with Crippen LogP contribution in [-0.4, -0.2) is 12.1 Å². The Labute approximate surface area is 81.5 Å². The Balaban J connectivity index is 2.76. The van der Waals surface area contributed by atoms with Crippen molar-refractivity contribution in [2.75, 3.05) is 0 Å². The van der Waals surface area contributed by atoms with E-state index < -0.39 is 0 Å². The molecule has 0 spiro atoms. The zero-order chi connectivity index (χ0) is 9.68. The molecule has 0 radical (unpaired) electrons. The van der Waals surface area contributed by atoms with Crippen molar-refractivity contribution in [3.63, 3.8) is 0 Å². The normalized spacial score (nSPS) is 11.4. The molecule has 1 amide bonds. The Morgan fingerprint density at radius 3 is 3.00 bits per heavy atom. The summed E-state index contributed by atoms with van der Waals surface area (Å²) in [4.78, 5) is 12.4. The summed E-state index contributed by atoms with van der Waals surface area (Å²) in [5.74, 6) is 0. The Morgan fingerprint density at radius 1 is 1.69 bits per heavy atom. The van der Waals surface area contributed by atoms with Gasteiger partial charge in [0.1, 0.15) is 0 Å². The standard InChI is InChI=1S/C9H12N2OS/c1-3-8-4-5-9(13-8)7(2)11-10-6-12/h4-6H,3H2,1-2H3,(H,10,12)/b11-7+. The Hall–Kier alpha value is -1.16. The fraction of sp³-hybridized carbons (Fsp3) is 0.333. The molecule has 0 atom stereocenters. The molecule has 0 saturated heterocycles. The summed E-state index contributed by atoms with van der Waals surface area (Å²) < 4.78 is 0. The molecule has 1 aromatic heterocycles. The van der Waals surface area contributed by atoms with Crippen molar-refractivity contribution < 1.29 is 4.79 Å². The average molecular weight is 196 g/mol. The third kappa shape index (κ3) is 2.66. The molecule has 0 saturated carbocycles. The lowest BCUT2D eigenvalue weighted by molar-refractivity contribution is -0.109. The van der Waals surface area contributed by atoms with E-state index in [1.807, 2.05) is 13.0 Å². The third-order valence-corrected chi connectivity index (χ3v) is 2.99. The summed E-state index contributed by atoms with van der Waals surface area (Å²) >= 11 is 1.70. The Kier molecular flexibility index (Phi) is 3.64. The van der Waals surface area contributed by atoms with E-state index in [1.54, 1.807) is 11.3 Å². The molecule has 0 aliphatic rings. The lowest BCUT2D eigenvalue weighted by Crippen LogP contribution is -2.05. The van der Waals surface area contributed by atoms with Gasteiger partial charge in [-0.1, -0.05) is 6.92 Å². The summed E-state index contributed by atoms with van der Waals surface area (Å²) in [6.45, 7) is 3.99. The first kappa shape index (κ1) is 9.92. The zero-order valence-electron chi connectivity index (χ0n) is 7.70. The van der Waals surface area contributed by atoms with Crippen LogP contribution >= 0.6 is 11.3 Å². The van der Waals surface area contributed by atoms with Crippen LogP contribution in [0.2, 0.25) is 0 Å². The van der Waals surface area contributed by atoms with Gasteiger partial charge in [-0.05, 0) is 25.5 Å². The number of hydrogen-bond donors (Lipinski definition) is 1. The number of nitrogens with one attached hydrogen (secondary N) is 1. The predicted octanol–water partition coefficient (Wildman–Crippen LogP) is 1.78. The molecule has 4 heteroatoms. The molecule has 0 unspecified atom stereocenters. The van der Waals surface area contributed by atoms with Crippen LogP contribution in [-0.2, 0) is 11.2 Å². The van der Waals surface area contributed by atoms with Gasteiger partial charge in [0.25, 0.3) is 0 Å². The van der Waals surface area contributed by atoms with Crippen LogP contribution < -0.4 is 5.43 Å². The van der Waals surface area contributed by atoms with Crippen molar-refractivity contribution in [1.29, 1.82) is 0 Å². The van der Waals surface area contributed by atoms with Crippen LogP contribution in [0, 0.1) is 0 Å². The second-order valence-corrected chi connectivity index (χ2v) is 3.73. The van der Waals surface area contributed by atoms with E-state index in [0.29, 0.717) is 6.41 Å². The van der Waals surface area contributed by atoms with Crippen LogP contribution in [0.25, 0.3) is 0 Å². The summed E-state index contributed by atoms with van der Waals surface area (Å²) in [7, 11) is 0. The number of thiophene rings is 1. The minimum Gasteiger partial charge on any atom is -0.277 e. The van der Waals surface area contributed by atoms with Crippen LogP contribution in [0.3, 0.4) is 0 Å². The molecule has 0 bridgehead atoms. The molecule has 0 fully saturated rings. The highest BCUT2D eigenvalue weighted by Gasteiger charge is 2.00. The lowest BCUT2D eigenvalue weighted by Gasteiger charge is -1.93. The zero-order valence-corrected chi connectivity index (χ0v) is 8.52. The number of amides is 1. The van der Waals surface area contributed by atoms with Gasteiger partial charge in [-0.25, -0.2) is 5.43 Å². The van der Waals surface area contributed by atoms with E-state index in [4.69, 9.17) is 0 Å². The molecule has 70 valence electrons. The largest absolute Gasteiger partial charge is 0.277 e. The van der Waals surface area contributed by atoms with Gasteiger partial charge >= 0.3 is 0 Å². The van der Waals surface area contributed by atoms with Gasteiger partial charge < -0.3 is 0 Å². The van der Waals surface area contributed by atoms with Crippen molar-refractivity contribution in [1.82, 2.24) is 5.43 Å². The van der Waals surface area contributed by atoms with Gasteiger partial charge in [-0.3, -0.25) is 4.79 Å². The number of aryl methyl sites for hydroxylation is 1. The van der Waals surface area contributed by atoms with Crippen molar-refractivity contribution in [2.24, 2.45) is 5.10 Å². The van der Waals surface area contributed by atoms with Crippen molar-refractivity contribution in [2.45, 2.75) is 20.3 Å².